The van der Waals surface area contributed by atoms with Crippen molar-refractivity contribution in [3.05, 3.63) is 92.3 Å². The predicted molar refractivity (Wildman–Crippen MR) is 120 cm³/mol. The molecule has 0 radical (unpaired) electrons. The van der Waals surface area contributed by atoms with E-state index in [1.807, 2.05) is 72.8 Å². The molecule has 0 atom stereocenters. The molecule has 0 unspecified atom stereocenters. The van der Waals surface area contributed by atoms with Crippen molar-refractivity contribution in [3.8, 4) is 11.4 Å². The number of fused-ring (bicyclic) bond motifs is 1. The van der Waals surface area contributed by atoms with Crippen LogP contribution in [0.1, 0.15) is 11.5 Å². The van der Waals surface area contributed by atoms with Crippen molar-refractivity contribution in [1.82, 2.24) is 14.5 Å². The van der Waals surface area contributed by atoms with Crippen LogP contribution in [0.5, 0.6) is 5.75 Å². The third kappa shape index (κ3) is 3.68. The van der Waals surface area contributed by atoms with Crippen molar-refractivity contribution in [2.75, 3.05) is 7.11 Å². The number of pyridine rings is 1. The maximum Gasteiger partial charge on any atom is 0.266 e. The molecule has 0 amide bonds. The fourth-order valence-corrected chi connectivity index (χ4v) is 3.39. The van der Waals surface area contributed by atoms with E-state index in [0.29, 0.717) is 16.7 Å². The Hall–Kier alpha value is -3.00. The van der Waals surface area contributed by atoms with Crippen molar-refractivity contribution in [2.24, 2.45) is 0 Å². The zero-order chi connectivity index (χ0) is 19.5. The lowest BCUT2D eigenvalue weighted by molar-refractivity contribution is 0.414. The van der Waals surface area contributed by atoms with Crippen LogP contribution in [0.4, 0.5) is 0 Å². The maximum atomic E-state index is 13.3. The van der Waals surface area contributed by atoms with E-state index in [1.54, 1.807) is 17.9 Å². The highest BCUT2D eigenvalue weighted by Gasteiger charge is 2.12. The summed E-state index contributed by atoms with van der Waals surface area (Å²) in [4.78, 5) is 22.3. The molecule has 5 nitrogen and oxygen atoms in total. The molecule has 28 heavy (non-hydrogen) atoms. The van der Waals surface area contributed by atoms with Crippen LogP contribution in [0.25, 0.3) is 28.7 Å². The molecule has 6 heteroatoms. The van der Waals surface area contributed by atoms with Gasteiger partial charge in [-0.25, -0.2) is 4.98 Å². The maximum absolute atomic E-state index is 13.3. The largest absolute Gasteiger partial charge is 0.497 e. The first-order valence-electron chi connectivity index (χ1n) is 8.61. The SMILES string of the molecule is COc1ccc(-n2c(C=Cc3ccccn3)nc3ccc(I)cc3c2=O)cc1. The molecule has 0 saturated heterocycles. The summed E-state index contributed by atoms with van der Waals surface area (Å²) in [5.41, 5.74) is 2.06. The Balaban J connectivity index is 1.94. The number of benzene rings is 2. The van der Waals surface area contributed by atoms with Gasteiger partial charge in [0.2, 0.25) is 0 Å². The average molecular weight is 481 g/mol. The monoisotopic (exact) mass is 481 g/mol. The van der Waals surface area contributed by atoms with Gasteiger partial charge in [-0.1, -0.05) is 6.07 Å². The second kappa shape index (κ2) is 7.93. The van der Waals surface area contributed by atoms with Crippen LogP contribution in [0.2, 0.25) is 0 Å². The first-order valence-corrected chi connectivity index (χ1v) is 9.69. The Bertz CT molecular complexity index is 1220. The molecule has 2 heterocycles. The Kier molecular flexibility index (Phi) is 5.21. The third-order valence-electron chi connectivity index (χ3n) is 4.28. The molecule has 4 rings (SSSR count). The van der Waals surface area contributed by atoms with Gasteiger partial charge in [-0.3, -0.25) is 14.3 Å². The smallest absolute Gasteiger partial charge is 0.266 e. The summed E-state index contributed by atoms with van der Waals surface area (Å²) in [6.07, 6.45) is 5.39. The lowest BCUT2D eigenvalue weighted by Crippen LogP contribution is -2.22. The van der Waals surface area contributed by atoms with Gasteiger partial charge in [0.15, 0.2) is 0 Å². The summed E-state index contributed by atoms with van der Waals surface area (Å²) in [7, 11) is 1.61. The molecule has 0 saturated carbocycles. The van der Waals surface area contributed by atoms with Crippen LogP contribution in [0, 0.1) is 3.57 Å². The van der Waals surface area contributed by atoms with Gasteiger partial charge in [-0.15, -0.1) is 0 Å². The highest BCUT2D eigenvalue weighted by molar-refractivity contribution is 14.1. The molecule has 4 aromatic rings. The number of ether oxygens (including phenoxy) is 1. The van der Waals surface area contributed by atoms with E-state index in [1.165, 1.54) is 0 Å². The van der Waals surface area contributed by atoms with Crippen LogP contribution < -0.4 is 10.3 Å². The Morgan fingerprint density at radius 2 is 1.86 bits per heavy atom. The summed E-state index contributed by atoms with van der Waals surface area (Å²) in [5, 5.41) is 0.581. The van der Waals surface area contributed by atoms with Gasteiger partial charge in [0.25, 0.3) is 5.56 Å². The van der Waals surface area contributed by atoms with E-state index in [0.717, 1.165) is 20.7 Å². The second-order valence-corrected chi connectivity index (χ2v) is 7.30. The number of nitrogens with zero attached hydrogens (tertiary/aromatic N) is 3. The summed E-state index contributed by atoms with van der Waals surface area (Å²) < 4.78 is 7.83. The molecular weight excluding hydrogens is 465 g/mol. The average Bonchev–Trinajstić information content (AvgIpc) is 2.74. The van der Waals surface area contributed by atoms with E-state index in [4.69, 9.17) is 9.72 Å². The second-order valence-electron chi connectivity index (χ2n) is 6.06. The molecule has 2 aromatic heterocycles. The zero-order valence-electron chi connectivity index (χ0n) is 15.0. The van der Waals surface area contributed by atoms with Gasteiger partial charge >= 0.3 is 0 Å². The fourth-order valence-electron chi connectivity index (χ4n) is 2.90. The minimum atomic E-state index is -0.116. The van der Waals surface area contributed by atoms with E-state index >= 15 is 0 Å². The summed E-state index contributed by atoms with van der Waals surface area (Å²) in [6.45, 7) is 0. The topological polar surface area (TPSA) is 57.0 Å². The summed E-state index contributed by atoms with van der Waals surface area (Å²) >= 11 is 2.20. The van der Waals surface area contributed by atoms with Gasteiger partial charge in [0, 0.05) is 9.77 Å². The Morgan fingerprint density at radius 3 is 2.57 bits per heavy atom. The van der Waals surface area contributed by atoms with Gasteiger partial charge in [-0.2, -0.15) is 0 Å². The quantitative estimate of drug-likeness (QED) is 0.401. The minimum absolute atomic E-state index is 0.116. The molecule has 0 N–H and O–H groups in total. The van der Waals surface area contributed by atoms with Crippen LogP contribution in [-0.4, -0.2) is 21.6 Å². The number of aromatic nitrogens is 3. The van der Waals surface area contributed by atoms with Gasteiger partial charge in [-0.05, 0) is 89.3 Å². The molecule has 0 fully saturated rings. The molecule has 0 aliphatic heterocycles. The van der Waals surface area contributed by atoms with Crippen molar-refractivity contribution in [3.63, 3.8) is 0 Å². The number of hydrogen-bond acceptors (Lipinski definition) is 4. The molecule has 138 valence electrons. The molecule has 2 aromatic carbocycles. The molecule has 0 aliphatic carbocycles. The number of hydrogen-bond donors (Lipinski definition) is 0. The summed E-state index contributed by atoms with van der Waals surface area (Å²) in [5.74, 6) is 1.26. The van der Waals surface area contributed by atoms with Crippen LogP contribution in [0.15, 0.2) is 71.7 Å². The molecule has 0 bridgehead atoms. The lowest BCUT2D eigenvalue weighted by Gasteiger charge is -2.12. The summed E-state index contributed by atoms with van der Waals surface area (Å²) in [6, 6.07) is 18.7. The predicted octanol–water partition coefficient (Wildman–Crippen LogP) is 4.56. The molecule has 0 aliphatic rings. The first kappa shape index (κ1) is 18.4. The minimum Gasteiger partial charge on any atom is -0.497 e. The fraction of sp³-hybridized carbons (Fsp3) is 0.0455. The number of halogens is 1. The van der Waals surface area contributed by atoms with Gasteiger partial charge in [0.05, 0.1) is 29.4 Å². The molecular formula is C22H16IN3O2. The molecule has 0 spiro atoms. The van der Waals surface area contributed by atoms with Crippen LogP contribution >= 0.6 is 22.6 Å². The van der Waals surface area contributed by atoms with E-state index in [-0.39, 0.29) is 5.56 Å². The Labute approximate surface area is 175 Å². The van der Waals surface area contributed by atoms with Crippen LogP contribution in [0.3, 0.4) is 0 Å². The standard InChI is InChI=1S/C22H16IN3O2/c1-28-18-9-7-17(8-10-18)26-21(12-6-16-4-2-3-13-24-16)25-20-11-5-15(23)14-19(20)22(26)27/h2-14H,1H3. The lowest BCUT2D eigenvalue weighted by atomic mass is 10.2. The third-order valence-corrected chi connectivity index (χ3v) is 4.95. The first-order chi connectivity index (χ1) is 13.7. The van der Waals surface area contributed by atoms with Gasteiger partial charge < -0.3 is 4.74 Å². The van der Waals surface area contributed by atoms with Crippen LogP contribution in [-0.2, 0) is 0 Å². The van der Waals surface area contributed by atoms with Crippen molar-refractivity contribution >= 4 is 45.6 Å². The number of methoxy groups -OCH3 is 1. The van der Waals surface area contributed by atoms with E-state index in [9.17, 15) is 4.79 Å². The van der Waals surface area contributed by atoms with Crippen molar-refractivity contribution in [2.45, 2.75) is 0 Å². The van der Waals surface area contributed by atoms with Crippen molar-refractivity contribution < 1.29 is 4.74 Å². The normalized spacial score (nSPS) is 11.2. The zero-order valence-corrected chi connectivity index (χ0v) is 17.2. The highest BCUT2D eigenvalue weighted by Crippen LogP contribution is 2.19. The van der Waals surface area contributed by atoms with Crippen molar-refractivity contribution in [1.29, 1.82) is 0 Å². The number of rotatable bonds is 4. The van der Waals surface area contributed by atoms with Gasteiger partial charge in [0.1, 0.15) is 11.6 Å². The highest BCUT2D eigenvalue weighted by atomic mass is 127. The van der Waals surface area contributed by atoms with E-state index < -0.39 is 0 Å². The van der Waals surface area contributed by atoms with E-state index in [2.05, 4.69) is 27.6 Å². The Morgan fingerprint density at radius 1 is 1.04 bits per heavy atom.